The number of piperazine rings is 1. The monoisotopic (exact) mass is 296 g/mol. The van der Waals surface area contributed by atoms with E-state index < -0.39 is 30.4 Å². The van der Waals surface area contributed by atoms with E-state index >= 15 is 0 Å². The molecule has 0 aromatic rings. The smallest absolute Gasteiger partial charge is 0.320 e. The van der Waals surface area contributed by atoms with E-state index in [1.54, 1.807) is 13.8 Å². The first kappa shape index (κ1) is 16.8. The number of carboxylic acid groups (broad SMARTS) is 1. The van der Waals surface area contributed by atoms with Gasteiger partial charge in [0.2, 0.25) is 5.91 Å². The van der Waals surface area contributed by atoms with Gasteiger partial charge in [0, 0.05) is 26.2 Å². The second-order valence-corrected chi connectivity index (χ2v) is 4.95. The summed E-state index contributed by atoms with van der Waals surface area (Å²) in [4.78, 5) is 37.9. The number of nitrogens with zero attached hydrogens (tertiary/aromatic N) is 3. The van der Waals surface area contributed by atoms with Crippen molar-refractivity contribution in [2.24, 2.45) is 5.92 Å². The molecular weight excluding hydrogens is 276 g/mol. The summed E-state index contributed by atoms with van der Waals surface area (Å²) in [5.41, 5.74) is 0. The number of urea groups is 1. The third-order valence-electron chi connectivity index (χ3n) is 3.31. The van der Waals surface area contributed by atoms with Crippen LogP contribution in [0.15, 0.2) is 0 Å². The third-order valence-corrected chi connectivity index (χ3v) is 3.31. The maximum atomic E-state index is 12.5. The van der Waals surface area contributed by atoms with E-state index in [-0.39, 0.29) is 19.0 Å². The molecule has 2 unspecified atom stereocenters. The highest BCUT2D eigenvalue weighted by atomic mass is 16.4. The van der Waals surface area contributed by atoms with E-state index in [4.69, 9.17) is 10.4 Å². The van der Waals surface area contributed by atoms with Crippen LogP contribution in [0.2, 0.25) is 0 Å². The molecule has 1 rings (SSSR count). The molecule has 1 fully saturated rings. The molecule has 8 nitrogen and oxygen atoms in total. The second-order valence-electron chi connectivity index (χ2n) is 4.95. The summed E-state index contributed by atoms with van der Waals surface area (Å²) in [6, 6.07) is 0.647. The minimum absolute atomic E-state index is 0.254. The van der Waals surface area contributed by atoms with Gasteiger partial charge in [-0.1, -0.05) is 0 Å². The Hall–Kier alpha value is -2.30. The molecule has 21 heavy (non-hydrogen) atoms. The maximum Gasteiger partial charge on any atom is 0.320 e. The van der Waals surface area contributed by atoms with E-state index in [0.29, 0.717) is 13.1 Å². The fourth-order valence-corrected chi connectivity index (χ4v) is 2.21. The Bertz CT molecular complexity index is 460. The Morgan fingerprint density at radius 3 is 2.81 bits per heavy atom. The van der Waals surface area contributed by atoms with Crippen molar-refractivity contribution in [2.45, 2.75) is 26.3 Å². The molecular formula is C13H20N4O4. The average molecular weight is 296 g/mol. The first-order valence-corrected chi connectivity index (χ1v) is 6.85. The molecule has 8 heteroatoms. The highest BCUT2D eigenvalue weighted by molar-refractivity contribution is 5.91. The van der Waals surface area contributed by atoms with Crippen molar-refractivity contribution in [3.63, 3.8) is 0 Å². The minimum atomic E-state index is -1.14. The molecule has 1 aliphatic rings. The van der Waals surface area contributed by atoms with Crippen LogP contribution < -0.4 is 5.32 Å². The van der Waals surface area contributed by atoms with Gasteiger partial charge in [-0.2, -0.15) is 5.26 Å². The van der Waals surface area contributed by atoms with Crippen molar-refractivity contribution >= 4 is 17.9 Å². The molecule has 2 atom stereocenters. The van der Waals surface area contributed by atoms with Crippen LogP contribution in [0.3, 0.4) is 0 Å². The number of rotatable bonds is 5. The minimum Gasteiger partial charge on any atom is -0.481 e. The Kier molecular flexibility index (Phi) is 5.96. The molecule has 2 N–H and O–H groups in total. The predicted octanol–water partition coefficient (Wildman–Crippen LogP) is -0.137. The topological polar surface area (TPSA) is 114 Å². The van der Waals surface area contributed by atoms with Crippen LogP contribution in [0.5, 0.6) is 0 Å². The molecule has 0 radical (unpaired) electrons. The number of carbonyl (C=O) groups is 3. The summed E-state index contributed by atoms with van der Waals surface area (Å²) >= 11 is 0. The van der Waals surface area contributed by atoms with Crippen LogP contribution in [0.4, 0.5) is 4.79 Å². The number of amides is 3. The van der Waals surface area contributed by atoms with Crippen molar-refractivity contribution in [3.8, 4) is 6.07 Å². The largest absolute Gasteiger partial charge is 0.481 e. The van der Waals surface area contributed by atoms with Crippen LogP contribution in [-0.2, 0) is 9.59 Å². The zero-order valence-corrected chi connectivity index (χ0v) is 12.2. The molecule has 0 aromatic carbocycles. The third kappa shape index (κ3) is 4.34. The summed E-state index contributed by atoms with van der Waals surface area (Å²) in [5.74, 6) is -1.92. The van der Waals surface area contributed by atoms with Gasteiger partial charge in [0.05, 0.1) is 18.4 Å². The van der Waals surface area contributed by atoms with Gasteiger partial charge in [0.25, 0.3) is 0 Å². The van der Waals surface area contributed by atoms with E-state index in [9.17, 15) is 14.4 Å². The fourth-order valence-electron chi connectivity index (χ4n) is 2.21. The fraction of sp³-hybridized carbons (Fsp3) is 0.692. The number of hydrogen-bond acceptors (Lipinski definition) is 4. The van der Waals surface area contributed by atoms with E-state index in [1.165, 1.54) is 9.80 Å². The number of aliphatic carboxylic acids is 1. The van der Waals surface area contributed by atoms with Crippen molar-refractivity contribution < 1.29 is 19.5 Å². The summed E-state index contributed by atoms with van der Waals surface area (Å²) in [5, 5.41) is 20.3. The van der Waals surface area contributed by atoms with Crippen molar-refractivity contribution in [2.75, 3.05) is 26.2 Å². The van der Waals surface area contributed by atoms with Crippen molar-refractivity contribution in [1.29, 1.82) is 5.26 Å². The lowest BCUT2D eigenvalue weighted by molar-refractivity contribution is -0.142. The number of hydrogen-bond donors (Lipinski definition) is 2. The zero-order valence-electron chi connectivity index (χ0n) is 12.2. The number of carbonyl (C=O) groups excluding carboxylic acids is 2. The van der Waals surface area contributed by atoms with Crippen molar-refractivity contribution in [3.05, 3.63) is 0 Å². The molecule has 0 aliphatic carbocycles. The Morgan fingerprint density at radius 1 is 1.62 bits per heavy atom. The van der Waals surface area contributed by atoms with Crippen molar-refractivity contribution in [1.82, 2.24) is 15.1 Å². The molecule has 1 aliphatic heterocycles. The van der Waals surface area contributed by atoms with E-state index in [0.717, 1.165) is 0 Å². The van der Waals surface area contributed by atoms with Gasteiger partial charge in [0.15, 0.2) is 0 Å². The standard InChI is InChI=1S/C13H20N4O4/c1-3-16(8-9(2)7-14)13(21)17-5-4-15-12(20)10(17)6-11(18)19/h9-10H,3-6,8H2,1-2H3,(H,15,20)(H,18,19). The molecule has 0 saturated carbocycles. The number of nitriles is 1. The number of nitrogens with one attached hydrogen (secondary N) is 1. The zero-order chi connectivity index (χ0) is 16.0. The molecule has 1 saturated heterocycles. The van der Waals surface area contributed by atoms with Gasteiger partial charge in [0.1, 0.15) is 6.04 Å². The Labute approximate surface area is 123 Å². The lowest BCUT2D eigenvalue weighted by Crippen LogP contribution is -2.60. The predicted molar refractivity (Wildman–Crippen MR) is 73.2 cm³/mol. The molecule has 3 amide bonds. The molecule has 0 bridgehead atoms. The van der Waals surface area contributed by atoms with Crippen LogP contribution in [-0.4, -0.2) is 65.0 Å². The summed E-state index contributed by atoms with van der Waals surface area (Å²) in [6.45, 7) is 4.68. The SMILES string of the molecule is CCN(CC(C)C#N)C(=O)N1CCNC(=O)C1CC(=O)O. The average Bonchev–Trinajstić information content (AvgIpc) is 2.45. The Balaban J connectivity index is 2.87. The van der Waals surface area contributed by atoms with Gasteiger partial charge in [-0.25, -0.2) is 4.79 Å². The summed E-state index contributed by atoms with van der Waals surface area (Å²) < 4.78 is 0. The van der Waals surface area contributed by atoms with Crippen LogP contribution in [0, 0.1) is 17.2 Å². The van der Waals surface area contributed by atoms with Crippen LogP contribution in [0.1, 0.15) is 20.3 Å². The van der Waals surface area contributed by atoms with Gasteiger partial charge in [-0.05, 0) is 13.8 Å². The molecule has 1 heterocycles. The van der Waals surface area contributed by atoms with Gasteiger partial charge in [-0.15, -0.1) is 0 Å². The van der Waals surface area contributed by atoms with Crippen LogP contribution >= 0.6 is 0 Å². The van der Waals surface area contributed by atoms with Crippen LogP contribution in [0.25, 0.3) is 0 Å². The highest BCUT2D eigenvalue weighted by Crippen LogP contribution is 2.13. The maximum absolute atomic E-state index is 12.5. The molecule has 0 aromatic heterocycles. The normalized spacial score (nSPS) is 19.4. The second kappa shape index (κ2) is 7.47. The van der Waals surface area contributed by atoms with E-state index in [1.807, 2.05) is 0 Å². The lowest BCUT2D eigenvalue weighted by atomic mass is 10.1. The first-order chi connectivity index (χ1) is 9.90. The van der Waals surface area contributed by atoms with E-state index in [2.05, 4.69) is 11.4 Å². The molecule has 116 valence electrons. The Morgan fingerprint density at radius 2 is 2.29 bits per heavy atom. The quantitative estimate of drug-likeness (QED) is 0.733. The highest BCUT2D eigenvalue weighted by Gasteiger charge is 2.36. The number of carboxylic acids is 1. The summed E-state index contributed by atoms with van der Waals surface area (Å²) in [6.07, 6.45) is -0.428. The van der Waals surface area contributed by atoms with Gasteiger partial charge < -0.3 is 20.2 Å². The summed E-state index contributed by atoms with van der Waals surface area (Å²) in [7, 11) is 0. The van der Waals surface area contributed by atoms with Gasteiger partial charge >= 0.3 is 12.0 Å². The lowest BCUT2D eigenvalue weighted by Gasteiger charge is -2.37. The molecule has 0 spiro atoms. The first-order valence-electron chi connectivity index (χ1n) is 6.85. The van der Waals surface area contributed by atoms with Gasteiger partial charge in [-0.3, -0.25) is 9.59 Å².